The van der Waals surface area contributed by atoms with Crippen molar-refractivity contribution in [2.75, 3.05) is 0 Å². The molecule has 6 heteroatoms. The molecule has 5 atom stereocenters. The van der Waals surface area contributed by atoms with Gasteiger partial charge in [-0.05, 0) is 75.3 Å². The molecule has 0 amide bonds. The summed E-state index contributed by atoms with van der Waals surface area (Å²) in [5.41, 5.74) is 0. The summed E-state index contributed by atoms with van der Waals surface area (Å²) >= 11 is 1.62. The highest BCUT2D eigenvalue weighted by molar-refractivity contribution is 7.19. The van der Waals surface area contributed by atoms with E-state index in [2.05, 4.69) is 18.2 Å². The van der Waals surface area contributed by atoms with Gasteiger partial charge in [-0.25, -0.2) is 0 Å². The van der Waals surface area contributed by atoms with E-state index in [0.717, 1.165) is 42.4 Å². The van der Waals surface area contributed by atoms with Gasteiger partial charge in [-0.1, -0.05) is 37.5 Å². The summed E-state index contributed by atoms with van der Waals surface area (Å²) in [4.78, 5) is 12.6. The van der Waals surface area contributed by atoms with Crippen LogP contribution in [-0.2, 0) is 9.53 Å². The lowest BCUT2D eigenvalue weighted by molar-refractivity contribution is -0.147. The minimum absolute atomic E-state index is 0.0232. The Labute approximate surface area is 195 Å². The summed E-state index contributed by atoms with van der Waals surface area (Å²) in [6.45, 7) is 3.72. The number of ether oxygens (including phenoxy) is 1. The third-order valence-corrected chi connectivity index (χ3v) is 7.82. The van der Waals surface area contributed by atoms with Crippen LogP contribution in [-0.4, -0.2) is 39.6 Å². The van der Waals surface area contributed by atoms with Gasteiger partial charge in [-0.2, -0.15) is 0 Å². The van der Waals surface area contributed by atoms with Crippen molar-refractivity contribution in [2.24, 2.45) is 11.8 Å². The molecule has 0 radical (unpaired) electrons. The molecule has 1 aromatic carbocycles. The van der Waals surface area contributed by atoms with Crippen molar-refractivity contribution < 1.29 is 24.9 Å². The summed E-state index contributed by atoms with van der Waals surface area (Å²) in [7, 11) is 0. The summed E-state index contributed by atoms with van der Waals surface area (Å²) in [6, 6.07) is 10.2. The lowest BCUT2D eigenvalue weighted by Gasteiger charge is -2.24. The molecule has 1 fully saturated rings. The number of rotatable bonds is 12. The van der Waals surface area contributed by atoms with Crippen molar-refractivity contribution in [3.8, 4) is 0 Å². The second-order valence-corrected chi connectivity index (χ2v) is 10.6. The van der Waals surface area contributed by atoms with Crippen molar-refractivity contribution in [2.45, 2.75) is 96.1 Å². The standard InChI is InChI=1S/C26H38O5S/c1-17(2)31-26(30)12-6-4-3-5-10-19-20(23(29)16-22(19)28)13-14-21(27)25-15-18-9-7-8-11-24(18)32-25/h7-9,11,15,17,19-23,27-29H,3-6,10,12-14,16H2,1-2H3/t19-,20-,21-,22+,23-/m1/s1. The van der Waals surface area contributed by atoms with E-state index < -0.39 is 18.3 Å². The van der Waals surface area contributed by atoms with Gasteiger partial charge in [0.25, 0.3) is 0 Å². The molecule has 3 N–H and O–H groups in total. The maximum atomic E-state index is 11.6. The van der Waals surface area contributed by atoms with Gasteiger partial charge in [-0.3, -0.25) is 4.79 Å². The van der Waals surface area contributed by atoms with Crippen molar-refractivity contribution in [1.82, 2.24) is 0 Å². The Balaban J connectivity index is 1.42. The molecule has 1 aliphatic carbocycles. The Morgan fingerprint density at radius 3 is 2.47 bits per heavy atom. The SMILES string of the molecule is CC(C)OC(=O)CCCCCC[C@@H]1[C@@H](CC[C@@H](O)c2cc3ccccc3s2)[C@H](O)C[C@@H]1O. The third-order valence-electron chi connectivity index (χ3n) is 6.60. The highest BCUT2D eigenvalue weighted by Gasteiger charge is 2.40. The van der Waals surface area contributed by atoms with E-state index in [1.807, 2.05) is 26.0 Å². The lowest BCUT2D eigenvalue weighted by Crippen LogP contribution is -2.23. The zero-order chi connectivity index (χ0) is 23.1. The van der Waals surface area contributed by atoms with Crippen molar-refractivity contribution >= 4 is 27.4 Å². The number of benzene rings is 1. The van der Waals surface area contributed by atoms with Crippen LogP contribution in [0.3, 0.4) is 0 Å². The topological polar surface area (TPSA) is 87.0 Å². The number of fused-ring (bicyclic) bond motifs is 1. The molecule has 0 spiro atoms. The van der Waals surface area contributed by atoms with Gasteiger partial charge in [-0.15, -0.1) is 11.3 Å². The van der Waals surface area contributed by atoms with E-state index in [-0.39, 0.29) is 23.9 Å². The zero-order valence-electron chi connectivity index (χ0n) is 19.3. The average molecular weight is 463 g/mol. The number of esters is 1. The van der Waals surface area contributed by atoms with Crippen LogP contribution in [0.25, 0.3) is 10.1 Å². The minimum atomic E-state index is -0.538. The van der Waals surface area contributed by atoms with E-state index in [9.17, 15) is 20.1 Å². The van der Waals surface area contributed by atoms with Gasteiger partial charge in [0, 0.05) is 16.0 Å². The van der Waals surface area contributed by atoms with Gasteiger partial charge >= 0.3 is 5.97 Å². The van der Waals surface area contributed by atoms with Crippen molar-refractivity contribution in [3.63, 3.8) is 0 Å². The first-order valence-electron chi connectivity index (χ1n) is 12.1. The zero-order valence-corrected chi connectivity index (χ0v) is 20.1. The molecule has 0 saturated heterocycles. The summed E-state index contributed by atoms with van der Waals surface area (Å²) in [5, 5.41) is 32.9. The van der Waals surface area contributed by atoms with Gasteiger partial charge in [0.05, 0.1) is 24.4 Å². The summed E-state index contributed by atoms with van der Waals surface area (Å²) in [6.07, 6.45) is 5.25. The molecule has 0 aliphatic heterocycles. The molecule has 1 aromatic heterocycles. The van der Waals surface area contributed by atoms with Crippen LogP contribution in [0.1, 0.15) is 82.6 Å². The van der Waals surface area contributed by atoms with E-state index in [1.165, 1.54) is 4.70 Å². The van der Waals surface area contributed by atoms with Gasteiger partial charge in [0.1, 0.15) is 0 Å². The first-order valence-corrected chi connectivity index (χ1v) is 12.9. The number of aliphatic hydroxyl groups excluding tert-OH is 3. The van der Waals surface area contributed by atoms with Crippen molar-refractivity contribution in [3.05, 3.63) is 35.2 Å². The first kappa shape index (κ1) is 25.2. The highest BCUT2D eigenvalue weighted by Crippen LogP contribution is 2.41. The molecule has 1 aliphatic rings. The fraction of sp³-hybridized carbons (Fsp3) is 0.654. The number of aliphatic hydroxyl groups is 3. The maximum Gasteiger partial charge on any atom is 0.306 e. The predicted octanol–water partition coefficient (Wildman–Crippen LogP) is 5.37. The van der Waals surface area contributed by atoms with Crippen LogP contribution in [0, 0.1) is 11.8 Å². The van der Waals surface area contributed by atoms with Crippen LogP contribution in [0.2, 0.25) is 0 Å². The fourth-order valence-corrected chi connectivity index (χ4v) is 6.05. The molecule has 2 aromatic rings. The third kappa shape index (κ3) is 7.01. The Morgan fingerprint density at radius 2 is 1.75 bits per heavy atom. The van der Waals surface area contributed by atoms with Crippen LogP contribution in [0.5, 0.6) is 0 Å². The quantitative estimate of drug-likeness (QED) is 0.292. The fourth-order valence-electron chi connectivity index (χ4n) is 4.96. The number of carbonyl (C=O) groups is 1. The number of hydrogen-bond acceptors (Lipinski definition) is 6. The second-order valence-electron chi connectivity index (χ2n) is 9.47. The molecule has 0 bridgehead atoms. The Morgan fingerprint density at radius 1 is 1.06 bits per heavy atom. The normalized spacial score (nSPS) is 24.3. The number of unbranched alkanes of at least 4 members (excludes halogenated alkanes) is 3. The summed E-state index contributed by atoms with van der Waals surface area (Å²) < 4.78 is 6.33. The highest BCUT2D eigenvalue weighted by atomic mass is 32.1. The molecule has 1 heterocycles. The monoisotopic (exact) mass is 462 g/mol. The lowest BCUT2D eigenvalue weighted by atomic mass is 9.84. The van der Waals surface area contributed by atoms with Gasteiger partial charge in [0.15, 0.2) is 0 Å². The molecular weight excluding hydrogens is 424 g/mol. The Bertz CT molecular complexity index is 815. The van der Waals surface area contributed by atoms with E-state index in [1.54, 1.807) is 11.3 Å². The predicted molar refractivity (Wildman–Crippen MR) is 129 cm³/mol. The Hall–Kier alpha value is -1.47. The average Bonchev–Trinajstić information content (AvgIpc) is 3.29. The van der Waals surface area contributed by atoms with Gasteiger partial charge < -0.3 is 20.1 Å². The molecule has 5 nitrogen and oxygen atoms in total. The largest absolute Gasteiger partial charge is 0.463 e. The molecular formula is C26H38O5S. The number of thiophene rings is 1. The van der Waals surface area contributed by atoms with E-state index in [4.69, 9.17) is 4.74 Å². The molecule has 178 valence electrons. The number of carbonyl (C=O) groups excluding carboxylic acids is 1. The minimum Gasteiger partial charge on any atom is -0.463 e. The van der Waals surface area contributed by atoms with E-state index in [0.29, 0.717) is 25.7 Å². The van der Waals surface area contributed by atoms with Gasteiger partial charge in [0.2, 0.25) is 0 Å². The molecule has 32 heavy (non-hydrogen) atoms. The Kier molecular flexibility index (Phi) is 9.53. The van der Waals surface area contributed by atoms with Crippen LogP contribution < -0.4 is 0 Å². The van der Waals surface area contributed by atoms with Crippen molar-refractivity contribution in [1.29, 1.82) is 0 Å². The van der Waals surface area contributed by atoms with Crippen LogP contribution in [0.15, 0.2) is 30.3 Å². The molecule has 3 rings (SSSR count). The molecule has 0 unspecified atom stereocenters. The maximum absolute atomic E-state index is 11.6. The smallest absolute Gasteiger partial charge is 0.306 e. The second kappa shape index (κ2) is 12.1. The first-order chi connectivity index (χ1) is 15.3. The number of hydrogen-bond donors (Lipinski definition) is 3. The van der Waals surface area contributed by atoms with E-state index >= 15 is 0 Å². The van der Waals surface area contributed by atoms with Crippen LogP contribution >= 0.6 is 11.3 Å². The van der Waals surface area contributed by atoms with Crippen LogP contribution in [0.4, 0.5) is 0 Å². The molecule has 1 saturated carbocycles. The summed E-state index contributed by atoms with van der Waals surface area (Å²) in [5.74, 6) is -0.0350.